The van der Waals surface area contributed by atoms with Crippen molar-refractivity contribution in [1.29, 1.82) is 0 Å². The van der Waals surface area contributed by atoms with Crippen molar-refractivity contribution < 1.29 is 27.4 Å². The Kier molecular flexibility index (Phi) is 4.91. The van der Waals surface area contributed by atoms with Gasteiger partial charge in [-0.1, -0.05) is 18.2 Å². The molecule has 2 aromatic carbocycles. The molecule has 0 fully saturated rings. The first-order valence-electron chi connectivity index (χ1n) is 7.60. The number of sulfonamides is 1. The summed E-state index contributed by atoms with van der Waals surface area (Å²) in [5, 5.41) is 5.02. The Labute approximate surface area is 145 Å². The van der Waals surface area contributed by atoms with E-state index in [0.29, 0.717) is 17.9 Å². The zero-order chi connectivity index (χ0) is 17.9. The molecule has 2 aromatic rings. The topological polar surface area (TPSA) is 105 Å². The van der Waals surface area contributed by atoms with Crippen molar-refractivity contribution in [3.8, 4) is 11.5 Å². The first-order chi connectivity index (χ1) is 11.9. The zero-order valence-corrected chi connectivity index (χ0v) is 14.1. The minimum atomic E-state index is -3.73. The average molecular weight is 363 g/mol. The van der Waals surface area contributed by atoms with Gasteiger partial charge in [0.05, 0.1) is 4.90 Å². The average Bonchev–Trinajstić information content (AvgIpc) is 3.02. The van der Waals surface area contributed by atoms with E-state index < -0.39 is 22.1 Å². The van der Waals surface area contributed by atoms with Crippen molar-refractivity contribution in [3.05, 3.63) is 54.1 Å². The normalized spacial score (nSPS) is 16.0. The van der Waals surface area contributed by atoms with Crippen LogP contribution in [0.1, 0.15) is 5.56 Å². The van der Waals surface area contributed by atoms with Gasteiger partial charge in [0.15, 0.2) is 6.10 Å². The Morgan fingerprint density at radius 3 is 2.52 bits per heavy atom. The molecule has 1 atom stereocenters. The van der Waals surface area contributed by atoms with Crippen LogP contribution in [0.4, 0.5) is 0 Å². The van der Waals surface area contributed by atoms with E-state index in [2.05, 4.69) is 0 Å². The maximum absolute atomic E-state index is 12.0. The summed E-state index contributed by atoms with van der Waals surface area (Å²) in [7, 11) is -3.73. The standard InChI is InChI=1S/C17H17NO6S/c18-25(20,21)14-7-5-13(6-8-14)22-9-10-23-17(19)16-11-12-3-1-2-4-15(12)24-16/h1-8,16H,9-11H2,(H2,18,20,21)/t16-/m0/s1. The largest absolute Gasteiger partial charge is 0.490 e. The SMILES string of the molecule is NS(=O)(=O)c1ccc(OCCOC(=O)[C@@H]2Cc3ccccc3O2)cc1. The monoisotopic (exact) mass is 363 g/mol. The van der Waals surface area contributed by atoms with Crippen molar-refractivity contribution in [1.82, 2.24) is 0 Å². The number of nitrogens with two attached hydrogens (primary N) is 1. The molecular formula is C17H17NO6S. The van der Waals surface area contributed by atoms with Gasteiger partial charge in [0.2, 0.25) is 10.0 Å². The fourth-order valence-corrected chi connectivity index (χ4v) is 2.95. The van der Waals surface area contributed by atoms with Gasteiger partial charge in [0.25, 0.3) is 0 Å². The summed E-state index contributed by atoms with van der Waals surface area (Å²) in [4.78, 5) is 12.0. The first-order valence-corrected chi connectivity index (χ1v) is 9.15. The lowest BCUT2D eigenvalue weighted by Gasteiger charge is -2.11. The highest BCUT2D eigenvalue weighted by Gasteiger charge is 2.29. The van der Waals surface area contributed by atoms with E-state index in [-0.39, 0.29) is 18.1 Å². The van der Waals surface area contributed by atoms with E-state index >= 15 is 0 Å². The van der Waals surface area contributed by atoms with E-state index in [0.717, 1.165) is 5.56 Å². The highest BCUT2D eigenvalue weighted by Crippen LogP contribution is 2.28. The molecule has 1 heterocycles. The van der Waals surface area contributed by atoms with E-state index in [4.69, 9.17) is 19.3 Å². The summed E-state index contributed by atoms with van der Waals surface area (Å²) in [5.41, 5.74) is 0.982. The van der Waals surface area contributed by atoms with Gasteiger partial charge in [-0.15, -0.1) is 0 Å². The third-order valence-corrected chi connectivity index (χ3v) is 4.59. The fraction of sp³-hybridized carbons (Fsp3) is 0.235. The highest BCUT2D eigenvalue weighted by atomic mass is 32.2. The first kappa shape index (κ1) is 17.2. The Morgan fingerprint density at radius 1 is 1.12 bits per heavy atom. The molecule has 0 aromatic heterocycles. The van der Waals surface area contributed by atoms with Crippen LogP contribution in [0.3, 0.4) is 0 Å². The van der Waals surface area contributed by atoms with Crippen LogP contribution in [0.15, 0.2) is 53.4 Å². The van der Waals surface area contributed by atoms with Crippen molar-refractivity contribution in [2.45, 2.75) is 17.4 Å². The molecule has 0 saturated heterocycles. The van der Waals surface area contributed by atoms with Gasteiger partial charge in [-0.2, -0.15) is 0 Å². The summed E-state index contributed by atoms with van der Waals surface area (Å²) in [6.45, 7) is 0.201. The number of ether oxygens (including phenoxy) is 3. The van der Waals surface area contributed by atoms with Crippen LogP contribution in [-0.4, -0.2) is 33.7 Å². The zero-order valence-electron chi connectivity index (χ0n) is 13.3. The van der Waals surface area contributed by atoms with Crippen LogP contribution in [0, 0.1) is 0 Å². The Bertz CT molecular complexity index is 838. The number of carbonyl (C=O) groups is 1. The molecule has 0 unspecified atom stereocenters. The minimum absolute atomic E-state index is 0.00391. The van der Waals surface area contributed by atoms with Gasteiger partial charge in [0.1, 0.15) is 24.7 Å². The Hall–Kier alpha value is -2.58. The lowest BCUT2D eigenvalue weighted by Crippen LogP contribution is -2.28. The summed E-state index contributed by atoms with van der Waals surface area (Å²) in [6.07, 6.45) is -0.142. The second-order valence-corrected chi connectivity index (χ2v) is 7.01. The van der Waals surface area contributed by atoms with E-state index in [1.165, 1.54) is 24.3 Å². The van der Waals surface area contributed by atoms with Gasteiger partial charge in [-0.25, -0.2) is 18.4 Å². The Morgan fingerprint density at radius 2 is 1.84 bits per heavy atom. The van der Waals surface area contributed by atoms with Crippen LogP contribution in [0.5, 0.6) is 11.5 Å². The number of benzene rings is 2. The molecule has 132 valence electrons. The molecule has 0 saturated carbocycles. The van der Waals surface area contributed by atoms with Crippen LogP contribution in [0.25, 0.3) is 0 Å². The molecule has 2 N–H and O–H groups in total. The molecule has 25 heavy (non-hydrogen) atoms. The van der Waals surface area contributed by atoms with Crippen LogP contribution in [0.2, 0.25) is 0 Å². The third-order valence-electron chi connectivity index (χ3n) is 3.66. The van der Waals surface area contributed by atoms with Crippen LogP contribution >= 0.6 is 0 Å². The van der Waals surface area contributed by atoms with E-state index in [1.807, 2.05) is 24.3 Å². The van der Waals surface area contributed by atoms with Crippen molar-refractivity contribution in [2.24, 2.45) is 5.14 Å². The van der Waals surface area contributed by atoms with E-state index in [1.54, 1.807) is 0 Å². The second kappa shape index (κ2) is 7.12. The van der Waals surface area contributed by atoms with Gasteiger partial charge in [-0.05, 0) is 35.9 Å². The number of hydrogen-bond acceptors (Lipinski definition) is 6. The maximum Gasteiger partial charge on any atom is 0.347 e. The summed E-state index contributed by atoms with van der Waals surface area (Å²) < 4.78 is 38.4. The predicted octanol–water partition coefficient (Wildman–Crippen LogP) is 1.26. The van der Waals surface area contributed by atoms with Gasteiger partial charge >= 0.3 is 5.97 Å². The van der Waals surface area contributed by atoms with Crippen LogP contribution in [-0.2, 0) is 26.0 Å². The molecule has 1 aliphatic rings. The summed E-state index contributed by atoms with van der Waals surface area (Å²) >= 11 is 0. The second-order valence-electron chi connectivity index (χ2n) is 5.45. The number of fused-ring (bicyclic) bond motifs is 1. The van der Waals surface area contributed by atoms with Crippen molar-refractivity contribution in [2.75, 3.05) is 13.2 Å². The number of rotatable bonds is 6. The number of primary sulfonamides is 1. The molecular weight excluding hydrogens is 346 g/mol. The lowest BCUT2D eigenvalue weighted by molar-refractivity contribution is -0.151. The molecule has 8 heteroatoms. The molecule has 0 bridgehead atoms. The maximum atomic E-state index is 12.0. The smallest absolute Gasteiger partial charge is 0.347 e. The quantitative estimate of drug-likeness (QED) is 0.612. The minimum Gasteiger partial charge on any atom is -0.490 e. The van der Waals surface area contributed by atoms with Crippen LogP contribution < -0.4 is 14.6 Å². The molecule has 3 rings (SSSR count). The fourth-order valence-electron chi connectivity index (χ4n) is 2.43. The summed E-state index contributed by atoms with van der Waals surface area (Å²) in [6, 6.07) is 13.1. The van der Waals surface area contributed by atoms with E-state index in [9.17, 15) is 13.2 Å². The number of hydrogen-bond donors (Lipinski definition) is 1. The number of esters is 1. The molecule has 0 aliphatic carbocycles. The van der Waals surface area contributed by atoms with Crippen molar-refractivity contribution in [3.63, 3.8) is 0 Å². The summed E-state index contributed by atoms with van der Waals surface area (Å²) in [5.74, 6) is 0.716. The highest BCUT2D eigenvalue weighted by molar-refractivity contribution is 7.89. The molecule has 0 radical (unpaired) electrons. The molecule has 1 aliphatic heterocycles. The molecule has 0 spiro atoms. The third kappa shape index (κ3) is 4.28. The number of para-hydroxylation sites is 1. The Balaban J connectivity index is 1.42. The van der Waals surface area contributed by atoms with Gasteiger partial charge in [-0.3, -0.25) is 0 Å². The predicted molar refractivity (Wildman–Crippen MR) is 88.8 cm³/mol. The van der Waals surface area contributed by atoms with Gasteiger partial charge < -0.3 is 14.2 Å². The molecule has 7 nitrogen and oxygen atoms in total. The van der Waals surface area contributed by atoms with Gasteiger partial charge in [0, 0.05) is 6.42 Å². The lowest BCUT2D eigenvalue weighted by atomic mass is 10.1. The van der Waals surface area contributed by atoms with Crippen molar-refractivity contribution >= 4 is 16.0 Å². The number of carbonyl (C=O) groups excluding carboxylic acids is 1. The molecule has 0 amide bonds.